The molecule has 0 spiro atoms. The lowest BCUT2D eigenvalue weighted by molar-refractivity contribution is -0.130. The third-order valence-corrected chi connectivity index (χ3v) is 3.06. The predicted octanol–water partition coefficient (Wildman–Crippen LogP) is 0.803. The highest BCUT2D eigenvalue weighted by Crippen LogP contribution is 2.18. The summed E-state index contributed by atoms with van der Waals surface area (Å²) in [5, 5.41) is 0. The minimum absolute atomic E-state index is 0.0205. The number of likely N-dealkylation sites (N-methyl/N-ethyl adjacent to an activating group) is 1. The number of likely N-dealkylation sites (tertiary alicyclic amines) is 1. The van der Waals surface area contributed by atoms with E-state index in [2.05, 4.69) is 0 Å². The van der Waals surface area contributed by atoms with Crippen LogP contribution in [0.1, 0.15) is 33.6 Å². The topological polar surface area (TPSA) is 75.9 Å². The maximum absolute atomic E-state index is 11.9. The van der Waals surface area contributed by atoms with E-state index in [1.807, 2.05) is 20.8 Å². The van der Waals surface area contributed by atoms with Gasteiger partial charge in [0.15, 0.2) is 0 Å². The number of ether oxygens (including phenoxy) is 1. The van der Waals surface area contributed by atoms with Crippen molar-refractivity contribution in [2.24, 2.45) is 5.73 Å². The van der Waals surface area contributed by atoms with Crippen LogP contribution < -0.4 is 5.73 Å². The molecule has 6 heteroatoms. The lowest BCUT2D eigenvalue weighted by atomic mass is 10.2. The predicted molar refractivity (Wildman–Crippen MR) is 72.7 cm³/mol. The zero-order chi connectivity index (χ0) is 14.6. The van der Waals surface area contributed by atoms with E-state index >= 15 is 0 Å². The molecule has 1 aliphatic heterocycles. The van der Waals surface area contributed by atoms with Crippen LogP contribution in [-0.2, 0) is 9.53 Å². The summed E-state index contributed by atoms with van der Waals surface area (Å²) < 4.78 is 5.29. The number of rotatable bonds is 3. The summed E-state index contributed by atoms with van der Waals surface area (Å²) >= 11 is 0. The SMILES string of the molecule is CN(C[C@@H]1CCCN1C(=O)CN)C(=O)OC(C)(C)C. The van der Waals surface area contributed by atoms with Gasteiger partial charge in [-0.2, -0.15) is 0 Å². The number of amides is 2. The van der Waals surface area contributed by atoms with Crippen molar-refractivity contribution in [1.82, 2.24) is 9.80 Å². The Balaban J connectivity index is 2.54. The molecule has 0 aromatic heterocycles. The Morgan fingerprint density at radius 1 is 1.42 bits per heavy atom. The van der Waals surface area contributed by atoms with Gasteiger partial charge in [-0.15, -0.1) is 0 Å². The molecule has 1 fully saturated rings. The Morgan fingerprint density at radius 2 is 2.05 bits per heavy atom. The van der Waals surface area contributed by atoms with Crippen molar-refractivity contribution in [3.8, 4) is 0 Å². The zero-order valence-corrected chi connectivity index (χ0v) is 12.3. The molecule has 0 saturated carbocycles. The standard InChI is InChI=1S/C13H25N3O3/c1-13(2,3)19-12(18)15(4)9-10-6-5-7-16(10)11(17)8-14/h10H,5-9,14H2,1-4H3/t10-/m0/s1. The van der Waals surface area contributed by atoms with Gasteiger partial charge in [0.2, 0.25) is 5.91 Å². The first-order chi connectivity index (χ1) is 8.74. The first-order valence-corrected chi connectivity index (χ1v) is 6.68. The van der Waals surface area contributed by atoms with Crippen LogP contribution in [0.5, 0.6) is 0 Å². The summed E-state index contributed by atoms with van der Waals surface area (Å²) in [5.41, 5.74) is 4.89. The molecular formula is C13H25N3O3. The number of carbonyl (C=O) groups excluding carboxylic acids is 2. The van der Waals surface area contributed by atoms with Crippen molar-refractivity contribution < 1.29 is 14.3 Å². The Bertz CT molecular complexity index is 339. The average Bonchev–Trinajstić information content (AvgIpc) is 2.73. The van der Waals surface area contributed by atoms with E-state index in [1.165, 1.54) is 4.90 Å². The first-order valence-electron chi connectivity index (χ1n) is 6.68. The van der Waals surface area contributed by atoms with Crippen LogP contribution in [0.4, 0.5) is 4.79 Å². The second kappa shape index (κ2) is 6.23. The monoisotopic (exact) mass is 271 g/mol. The number of nitrogens with zero attached hydrogens (tertiary/aromatic N) is 2. The highest BCUT2D eigenvalue weighted by molar-refractivity contribution is 5.78. The number of carbonyl (C=O) groups is 2. The van der Waals surface area contributed by atoms with Crippen LogP contribution in [0.2, 0.25) is 0 Å². The molecule has 1 rings (SSSR count). The number of hydrogen-bond acceptors (Lipinski definition) is 4. The van der Waals surface area contributed by atoms with E-state index in [4.69, 9.17) is 10.5 Å². The second-order valence-corrected chi connectivity index (χ2v) is 5.95. The Hall–Kier alpha value is -1.30. The minimum atomic E-state index is -0.506. The van der Waals surface area contributed by atoms with Crippen LogP contribution in [0.15, 0.2) is 0 Å². The van der Waals surface area contributed by atoms with E-state index < -0.39 is 5.60 Å². The van der Waals surface area contributed by atoms with E-state index in [0.29, 0.717) is 6.54 Å². The molecule has 1 heterocycles. The van der Waals surface area contributed by atoms with Gasteiger partial charge in [-0.05, 0) is 33.6 Å². The lowest BCUT2D eigenvalue weighted by Gasteiger charge is -2.30. The van der Waals surface area contributed by atoms with Crippen LogP contribution in [0.25, 0.3) is 0 Å². The quantitative estimate of drug-likeness (QED) is 0.824. The van der Waals surface area contributed by atoms with Gasteiger partial charge in [0.1, 0.15) is 5.60 Å². The fourth-order valence-corrected chi connectivity index (χ4v) is 2.20. The molecular weight excluding hydrogens is 246 g/mol. The van der Waals surface area contributed by atoms with Gasteiger partial charge in [-0.1, -0.05) is 0 Å². The molecule has 0 radical (unpaired) electrons. The summed E-state index contributed by atoms with van der Waals surface area (Å²) in [6.07, 6.45) is 1.50. The molecule has 0 unspecified atom stereocenters. The van der Waals surface area contributed by atoms with Crippen LogP contribution >= 0.6 is 0 Å². The van der Waals surface area contributed by atoms with Crippen molar-refractivity contribution in [1.29, 1.82) is 0 Å². The molecule has 0 aromatic carbocycles. The Kier molecular flexibility index (Phi) is 5.17. The summed E-state index contributed by atoms with van der Waals surface area (Å²) in [4.78, 5) is 26.8. The lowest BCUT2D eigenvalue weighted by Crippen LogP contribution is -2.46. The molecule has 0 bridgehead atoms. The molecule has 110 valence electrons. The second-order valence-electron chi connectivity index (χ2n) is 5.95. The fourth-order valence-electron chi connectivity index (χ4n) is 2.20. The highest BCUT2D eigenvalue weighted by atomic mass is 16.6. The van der Waals surface area contributed by atoms with Crippen molar-refractivity contribution in [2.45, 2.75) is 45.3 Å². The van der Waals surface area contributed by atoms with E-state index in [1.54, 1.807) is 11.9 Å². The molecule has 2 amide bonds. The molecule has 1 saturated heterocycles. The third kappa shape index (κ3) is 4.70. The summed E-state index contributed by atoms with van der Waals surface area (Å²) in [7, 11) is 1.69. The van der Waals surface area contributed by atoms with Crippen molar-refractivity contribution >= 4 is 12.0 Å². The van der Waals surface area contributed by atoms with Crippen molar-refractivity contribution in [3.63, 3.8) is 0 Å². The minimum Gasteiger partial charge on any atom is -0.444 e. The van der Waals surface area contributed by atoms with Gasteiger partial charge in [0.05, 0.1) is 6.54 Å². The van der Waals surface area contributed by atoms with Gasteiger partial charge in [0.25, 0.3) is 0 Å². The average molecular weight is 271 g/mol. The van der Waals surface area contributed by atoms with Crippen LogP contribution in [0.3, 0.4) is 0 Å². The molecule has 19 heavy (non-hydrogen) atoms. The van der Waals surface area contributed by atoms with Crippen molar-refractivity contribution in [2.75, 3.05) is 26.7 Å². The summed E-state index contributed by atoms with van der Waals surface area (Å²) in [6, 6.07) is 0.0496. The zero-order valence-electron chi connectivity index (χ0n) is 12.3. The van der Waals surface area contributed by atoms with Crippen molar-refractivity contribution in [3.05, 3.63) is 0 Å². The number of hydrogen-bond donors (Lipinski definition) is 1. The van der Waals surface area contributed by atoms with E-state index in [0.717, 1.165) is 19.4 Å². The Morgan fingerprint density at radius 3 is 2.58 bits per heavy atom. The largest absolute Gasteiger partial charge is 0.444 e. The van der Waals surface area contributed by atoms with Crippen LogP contribution in [-0.4, -0.2) is 60.1 Å². The molecule has 0 aromatic rings. The normalized spacial score (nSPS) is 19.4. The maximum Gasteiger partial charge on any atom is 0.410 e. The summed E-state index contributed by atoms with van der Waals surface area (Å²) in [6.45, 7) is 6.73. The van der Waals surface area contributed by atoms with Gasteiger partial charge in [0, 0.05) is 26.2 Å². The first kappa shape index (κ1) is 15.8. The Labute approximate surface area is 114 Å². The number of nitrogens with two attached hydrogens (primary N) is 1. The molecule has 1 aliphatic rings. The van der Waals surface area contributed by atoms with Crippen LogP contribution in [0, 0.1) is 0 Å². The summed E-state index contributed by atoms with van der Waals surface area (Å²) in [5.74, 6) is -0.0555. The molecule has 0 aliphatic carbocycles. The molecule has 2 N–H and O–H groups in total. The van der Waals surface area contributed by atoms with E-state index in [-0.39, 0.29) is 24.6 Å². The van der Waals surface area contributed by atoms with Gasteiger partial charge >= 0.3 is 6.09 Å². The van der Waals surface area contributed by atoms with Gasteiger partial charge in [-0.25, -0.2) is 4.79 Å². The van der Waals surface area contributed by atoms with Gasteiger partial charge in [-0.3, -0.25) is 4.79 Å². The fraction of sp³-hybridized carbons (Fsp3) is 0.846. The van der Waals surface area contributed by atoms with Gasteiger partial charge < -0.3 is 20.3 Å². The highest BCUT2D eigenvalue weighted by Gasteiger charge is 2.30. The third-order valence-electron chi connectivity index (χ3n) is 3.06. The maximum atomic E-state index is 11.9. The van der Waals surface area contributed by atoms with E-state index in [9.17, 15) is 9.59 Å². The molecule has 1 atom stereocenters. The molecule has 6 nitrogen and oxygen atoms in total. The smallest absolute Gasteiger partial charge is 0.410 e.